The van der Waals surface area contributed by atoms with Crippen LogP contribution in [-0.2, 0) is 4.79 Å². The van der Waals surface area contributed by atoms with Crippen LogP contribution in [0.2, 0.25) is 0 Å². The SMILES string of the molecule is CCC(C)CC(CC)Nc1cccc(NC(=O)CO)c1. The predicted octanol–water partition coefficient (Wildman–Crippen LogP) is 3.24. The standard InChI is InChI=1S/C16H26N2O2/c1-4-12(3)9-13(5-2)17-14-7-6-8-15(10-14)18-16(20)11-19/h6-8,10,12-13,17,19H,4-5,9,11H2,1-3H3,(H,18,20). The number of amides is 1. The highest BCUT2D eigenvalue weighted by molar-refractivity contribution is 5.91. The zero-order chi connectivity index (χ0) is 15.0. The van der Waals surface area contributed by atoms with Crippen molar-refractivity contribution >= 4 is 17.3 Å². The molecule has 1 amide bonds. The minimum absolute atomic E-state index is 0.395. The van der Waals surface area contributed by atoms with Gasteiger partial charge < -0.3 is 15.7 Å². The summed E-state index contributed by atoms with van der Waals surface area (Å²) < 4.78 is 0. The maximum Gasteiger partial charge on any atom is 0.250 e. The summed E-state index contributed by atoms with van der Waals surface area (Å²) in [6.07, 6.45) is 3.39. The van der Waals surface area contributed by atoms with Crippen molar-refractivity contribution in [3.8, 4) is 0 Å². The summed E-state index contributed by atoms with van der Waals surface area (Å²) in [7, 11) is 0. The van der Waals surface area contributed by atoms with Crippen LogP contribution in [0, 0.1) is 5.92 Å². The number of carbonyl (C=O) groups is 1. The third-order valence-electron chi connectivity index (χ3n) is 3.54. The molecular formula is C16H26N2O2. The number of hydrogen-bond donors (Lipinski definition) is 3. The Balaban J connectivity index is 2.66. The zero-order valence-corrected chi connectivity index (χ0v) is 12.6. The fourth-order valence-corrected chi connectivity index (χ4v) is 2.10. The first-order valence-electron chi connectivity index (χ1n) is 7.36. The Hall–Kier alpha value is -1.55. The Bertz CT molecular complexity index is 421. The highest BCUT2D eigenvalue weighted by Crippen LogP contribution is 2.20. The lowest BCUT2D eigenvalue weighted by Crippen LogP contribution is -2.21. The topological polar surface area (TPSA) is 61.4 Å². The van der Waals surface area contributed by atoms with Crippen molar-refractivity contribution in [2.45, 2.75) is 46.1 Å². The summed E-state index contributed by atoms with van der Waals surface area (Å²) in [5.41, 5.74) is 1.70. The molecule has 0 fully saturated rings. The van der Waals surface area contributed by atoms with Gasteiger partial charge in [-0.2, -0.15) is 0 Å². The van der Waals surface area contributed by atoms with Gasteiger partial charge in [0.15, 0.2) is 0 Å². The van der Waals surface area contributed by atoms with E-state index in [1.165, 1.54) is 6.42 Å². The van der Waals surface area contributed by atoms with Crippen molar-refractivity contribution in [2.75, 3.05) is 17.2 Å². The van der Waals surface area contributed by atoms with Gasteiger partial charge in [0, 0.05) is 17.4 Å². The lowest BCUT2D eigenvalue weighted by Gasteiger charge is -2.21. The zero-order valence-electron chi connectivity index (χ0n) is 12.6. The van der Waals surface area contributed by atoms with Crippen molar-refractivity contribution in [1.82, 2.24) is 0 Å². The average Bonchev–Trinajstić information content (AvgIpc) is 2.46. The Labute approximate surface area is 121 Å². The van der Waals surface area contributed by atoms with Crippen LogP contribution < -0.4 is 10.6 Å². The van der Waals surface area contributed by atoms with Gasteiger partial charge in [-0.05, 0) is 37.0 Å². The Kier molecular flexibility index (Phi) is 7.09. The Morgan fingerprint density at radius 3 is 2.55 bits per heavy atom. The number of nitrogens with one attached hydrogen (secondary N) is 2. The molecule has 0 aliphatic carbocycles. The molecule has 112 valence electrons. The normalized spacial score (nSPS) is 13.6. The van der Waals surface area contributed by atoms with Crippen molar-refractivity contribution in [3.63, 3.8) is 0 Å². The molecule has 0 radical (unpaired) electrons. The molecule has 4 nitrogen and oxygen atoms in total. The summed E-state index contributed by atoms with van der Waals surface area (Å²) in [6.45, 7) is 6.16. The van der Waals surface area contributed by atoms with Crippen molar-refractivity contribution in [2.24, 2.45) is 5.92 Å². The fourth-order valence-electron chi connectivity index (χ4n) is 2.10. The molecule has 20 heavy (non-hydrogen) atoms. The number of anilines is 2. The van der Waals surface area contributed by atoms with Crippen LogP contribution in [0.15, 0.2) is 24.3 Å². The van der Waals surface area contributed by atoms with Crippen LogP contribution in [0.1, 0.15) is 40.0 Å². The maximum absolute atomic E-state index is 11.2. The second-order valence-corrected chi connectivity index (χ2v) is 5.29. The van der Waals surface area contributed by atoms with Gasteiger partial charge in [-0.1, -0.05) is 33.3 Å². The molecule has 3 N–H and O–H groups in total. The second-order valence-electron chi connectivity index (χ2n) is 5.29. The number of aliphatic hydroxyl groups excluding tert-OH is 1. The van der Waals surface area contributed by atoms with E-state index >= 15 is 0 Å². The van der Waals surface area contributed by atoms with Crippen molar-refractivity contribution in [3.05, 3.63) is 24.3 Å². The molecule has 0 saturated heterocycles. The summed E-state index contributed by atoms with van der Waals surface area (Å²) >= 11 is 0. The van der Waals surface area contributed by atoms with Crippen molar-refractivity contribution in [1.29, 1.82) is 0 Å². The Morgan fingerprint density at radius 1 is 1.25 bits per heavy atom. The first-order valence-corrected chi connectivity index (χ1v) is 7.36. The van der Waals surface area contributed by atoms with Gasteiger partial charge in [0.1, 0.15) is 6.61 Å². The van der Waals surface area contributed by atoms with Gasteiger partial charge in [0.25, 0.3) is 0 Å². The maximum atomic E-state index is 11.2. The van der Waals surface area contributed by atoms with Gasteiger partial charge in [-0.15, -0.1) is 0 Å². The van der Waals surface area contributed by atoms with Gasteiger partial charge >= 0.3 is 0 Å². The van der Waals surface area contributed by atoms with E-state index in [1.807, 2.05) is 24.3 Å². The van der Waals surface area contributed by atoms with Crippen LogP contribution in [0.4, 0.5) is 11.4 Å². The van der Waals surface area contributed by atoms with Gasteiger partial charge in [-0.3, -0.25) is 4.79 Å². The smallest absolute Gasteiger partial charge is 0.250 e. The van der Waals surface area contributed by atoms with E-state index in [2.05, 4.69) is 31.4 Å². The third-order valence-corrected chi connectivity index (χ3v) is 3.54. The summed E-state index contributed by atoms with van der Waals surface area (Å²) in [5.74, 6) is 0.304. The van der Waals surface area contributed by atoms with Crippen molar-refractivity contribution < 1.29 is 9.90 Å². The number of benzene rings is 1. The van der Waals surface area contributed by atoms with Crippen LogP contribution >= 0.6 is 0 Å². The van der Waals surface area contributed by atoms with Gasteiger partial charge in [0.2, 0.25) is 5.91 Å². The number of rotatable bonds is 8. The number of hydrogen-bond acceptors (Lipinski definition) is 3. The molecule has 2 atom stereocenters. The summed E-state index contributed by atoms with van der Waals surface area (Å²) in [6, 6.07) is 8.04. The highest BCUT2D eigenvalue weighted by Gasteiger charge is 2.10. The largest absolute Gasteiger partial charge is 0.387 e. The first-order chi connectivity index (χ1) is 9.58. The van der Waals surface area contributed by atoms with Gasteiger partial charge in [-0.25, -0.2) is 0 Å². The molecule has 0 aliphatic rings. The number of aliphatic hydroxyl groups is 1. The minimum atomic E-state index is -0.497. The quantitative estimate of drug-likeness (QED) is 0.684. The average molecular weight is 278 g/mol. The molecule has 0 bridgehead atoms. The first kappa shape index (κ1) is 16.5. The van der Waals surface area contributed by atoms with E-state index in [0.717, 1.165) is 18.5 Å². The number of carbonyl (C=O) groups excluding carboxylic acids is 1. The molecular weight excluding hydrogens is 252 g/mol. The molecule has 1 rings (SSSR count). The second kappa shape index (κ2) is 8.59. The minimum Gasteiger partial charge on any atom is -0.387 e. The van der Waals surface area contributed by atoms with E-state index in [-0.39, 0.29) is 0 Å². The summed E-state index contributed by atoms with van der Waals surface area (Å²) in [4.78, 5) is 11.2. The molecule has 0 spiro atoms. The molecule has 0 aliphatic heterocycles. The monoisotopic (exact) mass is 278 g/mol. The van der Waals surface area contributed by atoms with Crippen LogP contribution in [0.25, 0.3) is 0 Å². The summed E-state index contributed by atoms with van der Waals surface area (Å²) in [5, 5.41) is 14.9. The molecule has 0 aromatic heterocycles. The third kappa shape index (κ3) is 5.61. The predicted molar refractivity (Wildman–Crippen MR) is 83.9 cm³/mol. The highest BCUT2D eigenvalue weighted by atomic mass is 16.3. The molecule has 4 heteroatoms. The van der Waals surface area contributed by atoms with Gasteiger partial charge in [0.05, 0.1) is 0 Å². The van der Waals surface area contributed by atoms with E-state index < -0.39 is 12.5 Å². The van der Waals surface area contributed by atoms with Crippen LogP contribution in [0.3, 0.4) is 0 Å². The molecule has 0 heterocycles. The lowest BCUT2D eigenvalue weighted by atomic mass is 9.97. The molecule has 0 saturated carbocycles. The van der Waals surface area contributed by atoms with E-state index in [1.54, 1.807) is 0 Å². The van der Waals surface area contributed by atoms with E-state index in [9.17, 15) is 4.79 Å². The molecule has 1 aromatic rings. The molecule has 2 unspecified atom stereocenters. The van der Waals surface area contributed by atoms with Crippen LogP contribution in [0.5, 0.6) is 0 Å². The molecule has 1 aromatic carbocycles. The Morgan fingerprint density at radius 2 is 1.95 bits per heavy atom. The van der Waals surface area contributed by atoms with E-state index in [0.29, 0.717) is 17.6 Å². The lowest BCUT2D eigenvalue weighted by molar-refractivity contribution is -0.118. The van der Waals surface area contributed by atoms with E-state index in [4.69, 9.17) is 5.11 Å². The fraction of sp³-hybridized carbons (Fsp3) is 0.562. The van der Waals surface area contributed by atoms with Crippen LogP contribution in [-0.4, -0.2) is 23.7 Å².